The Labute approximate surface area is 108 Å². The third kappa shape index (κ3) is 5.25. The van der Waals surface area contributed by atoms with Gasteiger partial charge in [0.05, 0.1) is 31.7 Å². The van der Waals surface area contributed by atoms with Gasteiger partial charge in [-0.2, -0.15) is 0 Å². The Morgan fingerprint density at radius 3 is 2.67 bits per heavy atom. The van der Waals surface area contributed by atoms with Crippen LogP contribution >= 0.6 is 0 Å². The molecule has 0 fully saturated rings. The van der Waals surface area contributed by atoms with Crippen LogP contribution in [0.4, 0.5) is 11.4 Å². The van der Waals surface area contributed by atoms with Crippen molar-refractivity contribution in [2.24, 2.45) is 0 Å². The molecule has 0 heterocycles. The molecule has 0 aliphatic rings. The lowest BCUT2D eigenvalue weighted by atomic mass is 10.2. The number of nitrogens with one attached hydrogen (secondary N) is 1. The molecule has 0 aromatic heterocycles. The number of hydrogen-bond donors (Lipinski definition) is 2. The summed E-state index contributed by atoms with van der Waals surface area (Å²) < 4.78 is 15.3. The summed E-state index contributed by atoms with van der Waals surface area (Å²) in [6.45, 7) is 2.82. The fourth-order valence-electron chi connectivity index (χ4n) is 1.47. The number of methoxy groups -OCH3 is 2. The maximum atomic E-state index is 5.89. The van der Waals surface area contributed by atoms with E-state index in [9.17, 15) is 0 Å². The smallest absolute Gasteiger partial charge is 0.121 e. The molecule has 3 N–H and O–H groups in total. The van der Waals surface area contributed by atoms with Crippen LogP contribution in [0, 0.1) is 0 Å². The topological polar surface area (TPSA) is 65.7 Å². The van der Waals surface area contributed by atoms with Crippen LogP contribution in [-0.2, 0) is 9.47 Å². The fourth-order valence-corrected chi connectivity index (χ4v) is 1.47. The molecule has 102 valence electrons. The minimum atomic E-state index is 0.638. The molecular weight excluding hydrogens is 232 g/mol. The van der Waals surface area contributed by atoms with E-state index in [1.165, 1.54) is 0 Å². The molecule has 0 spiro atoms. The standard InChI is InChI=1S/C13H22N2O3/c1-16-8-9-18-7-3-6-15-13-5-4-11(17-2)10-12(13)14/h4-5,10,15H,3,6-9,14H2,1-2H3. The summed E-state index contributed by atoms with van der Waals surface area (Å²) in [5.74, 6) is 0.765. The lowest BCUT2D eigenvalue weighted by Crippen LogP contribution is -2.09. The molecule has 0 unspecified atom stereocenters. The molecule has 0 atom stereocenters. The number of nitrogens with two attached hydrogens (primary N) is 1. The highest BCUT2D eigenvalue weighted by Crippen LogP contribution is 2.23. The quantitative estimate of drug-likeness (QED) is 0.519. The zero-order valence-corrected chi connectivity index (χ0v) is 11.1. The summed E-state index contributed by atoms with van der Waals surface area (Å²) in [5.41, 5.74) is 7.50. The summed E-state index contributed by atoms with van der Waals surface area (Å²) in [6.07, 6.45) is 0.926. The first kappa shape index (κ1) is 14.6. The van der Waals surface area contributed by atoms with E-state index in [4.69, 9.17) is 19.9 Å². The van der Waals surface area contributed by atoms with E-state index in [0.717, 1.165) is 24.4 Å². The van der Waals surface area contributed by atoms with Crippen LogP contribution in [0.3, 0.4) is 0 Å². The summed E-state index contributed by atoms with van der Waals surface area (Å²) >= 11 is 0. The van der Waals surface area contributed by atoms with Crippen LogP contribution in [0.25, 0.3) is 0 Å². The summed E-state index contributed by atoms with van der Waals surface area (Å²) in [5, 5.41) is 3.26. The average Bonchev–Trinajstić information content (AvgIpc) is 2.39. The van der Waals surface area contributed by atoms with Crippen molar-refractivity contribution < 1.29 is 14.2 Å². The zero-order valence-electron chi connectivity index (χ0n) is 11.1. The van der Waals surface area contributed by atoms with Gasteiger partial charge in [0.25, 0.3) is 0 Å². The number of ether oxygens (including phenoxy) is 3. The number of rotatable bonds is 9. The highest BCUT2D eigenvalue weighted by atomic mass is 16.5. The van der Waals surface area contributed by atoms with E-state index in [-0.39, 0.29) is 0 Å². The highest BCUT2D eigenvalue weighted by Gasteiger charge is 2.00. The van der Waals surface area contributed by atoms with Gasteiger partial charge >= 0.3 is 0 Å². The Morgan fingerprint density at radius 1 is 1.17 bits per heavy atom. The van der Waals surface area contributed by atoms with Crippen molar-refractivity contribution >= 4 is 11.4 Å². The first-order valence-corrected chi connectivity index (χ1v) is 6.02. The number of nitrogen functional groups attached to an aromatic ring is 1. The second kappa shape index (κ2) is 8.60. The predicted molar refractivity (Wildman–Crippen MR) is 73.2 cm³/mol. The molecule has 18 heavy (non-hydrogen) atoms. The van der Waals surface area contributed by atoms with Gasteiger partial charge < -0.3 is 25.3 Å². The molecule has 0 radical (unpaired) electrons. The van der Waals surface area contributed by atoms with E-state index < -0.39 is 0 Å². The van der Waals surface area contributed by atoms with Gasteiger partial charge in [-0.25, -0.2) is 0 Å². The monoisotopic (exact) mass is 254 g/mol. The van der Waals surface area contributed by atoms with Gasteiger partial charge in [-0.3, -0.25) is 0 Å². The van der Waals surface area contributed by atoms with Gasteiger partial charge in [-0.15, -0.1) is 0 Å². The Hall–Kier alpha value is -1.46. The van der Waals surface area contributed by atoms with Crippen molar-refractivity contribution in [2.75, 3.05) is 51.6 Å². The molecule has 0 saturated carbocycles. The molecule has 0 saturated heterocycles. The minimum absolute atomic E-state index is 0.638. The van der Waals surface area contributed by atoms with Crippen molar-refractivity contribution in [3.8, 4) is 5.75 Å². The van der Waals surface area contributed by atoms with Crippen LogP contribution in [0.2, 0.25) is 0 Å². The van der Waals surface area contributed by atoms with Crippen LogP contribution in [0.1, 0.15) is 6.42 Å². The highest BCUT2D eigenvalue weighted by molar-refractivity contribution is 5.68. The van der Waals surface area contributed by atoms with Gasteiger partial charge in [0.2, 0.25) is 0 Å². The van der Waals surface area contributed by atoms with Crippen molar-refractivity contribution in [1.29, 1.82) is 0 Å². The molecule has 1 rings (SSSR count). The van der Waals surface area contributed by atoms with Crippen molar-refractivity contribution in [3.63, 3.8) is 0 Å². The maximum Gasteiger partial charge on any atom is 0.121 e. The Morgan fingerprint density at radius 2 is 2.00 bits per heavy atom. The van der Waals surface area contributed by atoms with Crippen molar-refractivity contribution in [2.45, 2.75) is 6.42 Å². The minimum Gasteiger partial charge on any atom is -0.497 e. The van der Waals surface area contributed by atoms with Gasteiger partial charge in [-0.1, -0.05) is 0 Å². The van der Waals surface area contributed by atoms with Gasteiger partial charge in [0.15, 0.2) is 0 Å². The normalized spacial score (nSPS) is 10.3. The molecule has 0 aliphatic carbocycles. The average molecular weight is 254 g/mol. The van der Waals surface area contributed by atoms with E-state index in [2.05, 4.69) is 5.32 Å². The van der Waals surface area contributed by atoms with Gasteiger partial charge in [0.1, 0.15) is 5.75 Å². The number of benzene rings is 1. The van der Waals surface area contributed by atoms with E-state index in [1.807, 2.05) is 12.1 Å². The molecule has 1 aromatic rings. The van der Waals surface area contributed by atoms with Crippen LogP contribution in [0.5, 0.6) is 5.75 Å². The Bertz CT molecular complexity index is 345. The van der Waals surface area contributed by atoms with Gasteiger partial charge in [0, 0.05) is 26.3 Å². The predicted octanol–water partition coefficient (Wildman–Crippen LogP) is 1.74. The Kier molecular flexibility index (Phi) is 6.98. The third-order valence-corrected chi connectivity index (χ3v) is 2.47. The van der Waals surface area contributed by atoms with Crippen molar-refractivity contribution in [1.82, 2.24) is 0 Å². The largest absolute Gasteiger partial charge is 0.497 e. The Balaban J connectivity index is 2.19. The first-order chi connectivity index (χ1) is 8.77. The zero-order chi connectivity index (χ0) is 13.2. The SMILES string of the molecule is COCCOCCCNc1ccc(OC)cc1N. The molecule has 1 aromatic carbocycles. The lowest BCUT2D eigenvalue weighted by molar-refractivity contribution is 0.0705. The summed E-state index contributed by atoms with van der Waals surface area (Å²) in [4.78, 5) is 0. The lowest BCUT2D eigenvalue weighted by Gasteiger charge is -2.10. The maximum absolute atomic E-state index is 5.89. The second-order valence-corrected chi connectivity index (χ2v) is 3.84. The first-order valence-electron chi connectivity index (χ1n) is 6.02. The molecular formula is C13H22N2O3. The van der Waals surface area contributed by atoms with Crippen LogP contribution in [-0.4, -0.2) is 40.6 Å². The van der Waals surface area contributed by atoms with Crippen LogP contribution < -0.4 is 15.8 Å². The molecule has 0 aliphatic heterocycles. The van der Waals surface area contributed by atoms with E-state index in [1.54, 1.807) is 20.3 Å². The summed E-state index contributed by atoms with van der Waals surface area (Å²) in [6, 6.07) is 5.60. The second-order valence-electron chi connectivity index (χ2n) is 3.84. The van der Waals surface area contributed by atoms with Gasteiger partial charge in [-0.05, 0) is 18.6 Å². The van der Waals surface area contributed by atoms with E-state index >= 15 is 0 Å². The fraction of sp³-hybridized carbons (Fsp3) is 0.538. The number of hydrogen-bond acceptors (Lipinski definition) is 5. The third-order valence-electron chi connectivity index (χ3n) is 2.47. The van der Waals surface area contributed by atoms with E-state index in [0.29, 0.717) is 25.5 Å². The van der Waals surface area contributed by atoms with Crippen LogP contribution in [0.15, 0.2) is 18.2 Å². The molecule has 5 nitrogen and oxygen atoms in total. The molecule has 0 bridgehead atoms. The summed E-state index contributed by atoms with van der Waals surface area (Å²) in [7, 11) is 3.29. The molecule has 0 amide bonds. The number of anilines is 2. The molecule has 5 heteroatoms. The van der Waals surface area contributed by atoms with Crippen molar-refractivity contribution in [3.05, 3.63) is 18.2 Å².